The molecule has 7 nitrogen and oxygen atoms in total. The molecular formula is C23H23FN4O3. The second-order valence-corrected chi connectivity index (χ2v) is 7.55. The number of amides is 4. The second kappa shape index (κ2) is 8.99. The molecule has 0 radical (unpaired) electrons. The molecule has 160 valence electrons. The quantitative estimate of drug-likeness (QED) is 0.572. The molecule has 4 rings (SSSR count). The molecule has 2 saturated heterocycles. The van der Waals surface area contributed by atoms with E-state index in [0.29, 0.717) is 0 Å². The number of hydrogen-bond acceptors (Lipinski definition) is 4. The van der Waals surface area contributed by atoms with Gasteiger partial charge in [0.05, 0.1) is 5.69 Å². The van der Waals surface area contributed by atoms with Gasteiger partial charge in [0.15, 0.2) is 0 Å². The molecule has 2 aliphatic heterocycles. The maximum Gasteiger partial charge on any atom is 0.329 e. The Hall–Kier alpha value is -3.68. The maximum atomic E-state index is 13.7. The SMILES string of the molecule is O=C(CN1C(=O)N/C(=C\c2ccc(N3CCCCC3)cc2)C1=O)Nc1ccccc1F. The van der Waals surface area contributed by atoms with Crippen LogP contribution in [-0.4, -0.2) is 42.4 Å². The molecule has 2 fully saturated rings. The summed E-state index contributed by atoms with van der Waals surface area (Å²) in [7, 11) is 0. The first kappa shape index (κ1) is 20.6. The van der Waals surface area contributed by atoms with Crippen LogP contribution in [0.5, 0.6) is 0 Å². The molecule has 0 bridgehead atoms. The maximum absolute atomic E-state index is 13.7. The number of nitrogens with zero attached hydrogens (tertiary/aromatic N) is 2. The normalized spacial score (nSPS) is 17.8. The number of benzene rings is 2. The van der Waals surface area contributed by atoms with E-state index in [4.69, 9.17) is 0 Å². The summed E-state index contributed by atoms with van der Waals surface area (Å²) in [5, 5.41) is 4.86. The molecule has 2 N–H and O–H groups in total. The Morgan fingerprint density at radius 1 is 1.03 bits per heavy atom. The van der Waals surface area contributed by atoms with Crippen molar-refractivity contribution in [2.24, 2.45) is 0 Å². The standard InChI is InChI=1S/C23H23FN4O3/c24-18-6-2-3-7-19(18)25-21(29)15-28-22(30)20(26-23(28)31)14-16-8-10-17(11-9-16)27-12-4-1-5-13-27/h2-3,6-11,14H,1,4-5,12-13,15H2,(H,25,29)(H,26,31)/b20-14-. The number of imide groups is 1. The molecule has 31 heavy (non-hydrogen) atoms. The zero-order valence-electron chi connectivity index (χ0n) is 16.9. The first-order valence-corrected chi connectivity index (χ1v) is 10.3. The van der Waals surface area contributed by atoms with Crippen molar-refractivity contribution in [1.29, 1.82) is 0 Å². The summed E-state index contributed by atoms with van der Waals surface area (Å²) in [4.78, 5) is 40.1. The highest BCUT2D eigenvalue weighted by Crippen LogP contribution is 2.22. The van der Waals surface area contributed by atoms with Crippen LogP contribution in [0.15, 0.2) is 54.2 Å². The van der Waals surface area contributed by atoms with E-state index < -0.39 is 30.2 Å². The number of carbonyl (C=O) groups is 3. The first-order valence-electron chi connectivity index (χ1n) is 10.3. The summed E-state index contributed by atoms with van der Waals surface area (Å²) in [6.45, 7) is 1.57. The van der Waals surface area contributed by atoms with Gasteiger partial charge < -0.3 is 15.5 Å². The van der Waals surface area contributed by atoms with Crippen LogP contribution in [-0.2, 0) is 9.59 Å². The summed E-state index contributed by atoms with van der Waals surface area (Å²) in [5.41, 5.74) is 1.98. The van der Waals surface area contributed by atoms with E-state index in [2.05, 4.69) is 15.5 Å². The molecule has 2 aromatic rings. The van der Waals surface area contributed by atoms with E-state index in [1.54, 1.807) is 12.1 Å². The van der Waals surface area contributed by atoms with Crippen LogP contribution in [0.1, 0.15) is 24.8 Å². The highest BCUT2D eigenvalue weighted by Gasteiger charge is 2.35. The minimum Gasteiger partial charge on any atom is -0.372 e. The van der Waals surface area contributed by atoms with Gasteiger partial charge >= 0.3 is 6.03 Å². The number of nitrogens with one attached hydrogen (secondary N) is 2. The zero-order valence-corrected chi connectivity index (χ0v) is 16.9. The lowest BCUT2D eigenvalue weighted by atomic mass is 10.1. The van der Waals surface area contributed by atoms with Gasteiger partial charge in [-0.1, -0.05) is 24.3 Å². The third-order valence-electron chi connectivity index (χ3n) is 5.34. The van der Waals surface area contributed by atoms with Crippen molar-refractivity contribution in [3.05, 3.63) is 65.6 Å². The van der Waals surface area contributed by atoms with Gasteiger partial charge in [0.1, 0.15) is 18.1 Å². The van der Waals surface area contributed by atoms with Gasteiger partial charge in [0, 0.05) is 18.8 Å². The van der Waals surface area contributed by atoms with E-state index in [0.717, 1.165) is 29.2 Å². The predicted molar refractivity (Wildman–Crippen MR) is 116 cm³/mol. The third-order valence-corrected chi connectivity index (χ3v) is 5.34. The van der Waals surface area contributed by atoms with Gasteiger partial charge in [-0.3, -0.25) is 9.59 Å². The molecule has 0 unspecified atom stereocenters. The van der Waals surface area contributed by atoms with Crippen molar-refractivity contribution >= 4 is 35.3 Å². The molecule has 2 aliphatic rings. The lowest BCUT2D eigenvalue weighted by Crippen LogP contribution is -2.38. The molecule has 0 atom stereocenters. The minimum absolute atomic E-state index is 0.0101. The number of halogens is 1. The molecule has 2 aromatic carbocycles. The Morgan fingerprint density at radius 3 is 2.45 bits per heavy atom. The van der Waals surface area contributed by atoms with Crippen LogP contribution in [0.4, 0.5) is 20.6 Å². The number of rotatable bonds is 5. The number of carbonyl (C=O) groups excluding carboxylic acids is 3. The second-order valence-electron chi connectivity index (χ2n) is 7.55. The van der Waals surface area contributed by atoms with Gasteiger partial charge in [0.25, 0.3) is 5.91 Å². The van der Waals surface area contributed by atoms with Crippen molar-refractivity contribution < 1.29 is 18.8 Å². The fourth-order valence-corrected chi connectivity index (χ4v) is 3.71. The lowest BCUT2D eigenvalue weighted by Gasteiger charge is -2.28. The van der Waals surface area contributed by atoms with Crippen LogP contribution < -0.4 is 15.5 Å². The highest BCUT2D eigenvalue weighted by atomic mass is 19.1. The van der Waals surface area contributed by atoms with E-state index in [1.165, 1.54) is 37.5 Å². The Bertz CT molecular complexity index is 1030. The molecule has 4 amide bonds. The summed E-state index contributed by atoms with van der Waals surface area (Å²) >= 11 is 0. The average Bonchev–Trinajstić information content (AvgIpc) is 3.04. The average molecular weight is 422 g/mol. The van der Waals surface area contributed by atoms with Crippen LogP contribution in [0.25, 0.3) is 6.08 Å². The summed E-state index contributed by atoms with van der Waals surface area (Å²) in [5.74, 6) is -1.86. The van der Waals surface area contributed by atoms with Crippen LogP contribution in [0.3, 0.4) is 0 Å². The fraction of sp³-hybridized carbons (Fsp3) is 0.261. The molecule has 0 saturated carbocycles. The van der Waals surface area contributed by atoms with Crippen molar-refractivity contribution in [3.63, 3.8) is 0 Å². The largest absolute Gasteiger partial charge is 0.372 e. The van der Waals surface area contributed by atoms with Gasteiger partial charge in [-0.2, -0.15) is 0 Å². The fourth-order valence-electron chi connectivity index (χ4n) is 3.71. The smallest absolute Gasteiger partial charge is 0.329 e. The predicted octanol–water partition coefficient (Wildman–Crippen LogP) is 3.35. The molecule has 8 heteroatoms. The topological polar surface area (TPSA) is 81.8 Å². The summed E-state index contributed by atoms with van der Waals surface area (Å²) < 4.78 is 13.7. The number of piperidine rings is 1. The van der Waals surface area contributed by atoms with Gasteiger partial charge in [0.2, 0.25) is 5.91 Å². The van der Waals surface area contributed by atoms with Gasteiger partial charge in [-0.15, -0.1) is 0 Å². The number of para-hydroxylation sites is 1. The Kier molecular flexibility index (Phi) is 5.97. The highest BCUT2D eigenvalue weighted by molar-refractivity contribution is 6.15. The van der Waals surface area contributed by atoms with Crippen molar-refractivity contribution in [1.82, 2.24) is 10.2 Å². The number of urea groups is 1. The monoisotopic (exact) mass is 422 g/mol. The van der Waals surface area contributed by atoms with E-state index in [9.17, 15) is 18.8 Å². The zero-order chi connectivity index (χ0) is 21.8. The van der Waals surface area contributed by atoms with E-state index in [-0.39, 0.29) is 11.4 Å². The Labute approximate surface area is 179 Å². The van der Waals surface area contributed by atoms with Gasteiger partial charge in [-0.05, 0) is 55.2 Å². The third kappa shape index (κ3) is 4.74. The number of hydrogen-bond donors (Lipinski definition) is 2. The Balaban J connectivity index is 1.41. The summed E-state index contributed by atoms with van der Waals surface area (Å²) in [6, 6.07) is 12.8. The number of anilines is 2. The molecule has 0 aliphatic carbocycles. The van der Waals surface area contributed by atoms with Crippen molar-refractivity contribution in [2.45, 2.75) is 19.3 Å². The molecule has 2 heterocycles. The lowest BCUT2D eigenvalue weighted by molar-refractivity contribution is -0.127. The molecule has 0 spiro atoms. The van der Waals surface area contributed by atoms with E-state index >= 15 is 0 Å². The molecular weight excluding hydrogens is 399 g/mol. The van der Waals surface area contributed by atoms with Crippen LogP contribution >= 0.6 is 0 Å². The van der Waals surface area contributed by atoms with Crippen LogP contribution in [0.2, 0.25) is 0 Å². The summed E-state index contributed by atoms with van der Waals surface area (Å²) in [6.07, 6.45) is 5.21. The molecule has 0 aromatic heterocycles. The van der Waals surface area contributed by atoms with Crippen molar-refractivity contribution in [3.8, 4) is 0 Å². The van der Waals surface area contributed by atoms with Crippen LogP contribution in [0, 0.1) is 5.82 Å². The Morgan fingerprint density at radius 2 is 1.74 bits per heavy atom. The van der Waals surface area contributed by atoms with Gasteiger partial charge in [-0.25, -0.2) is 14.1 Å². The van der Waals surface area contributed by atoms with Crippen molar-refractivity contribution in [2.75, 3.05) is 29.9 Å². The minimum atomic E-state index is -0.690. The van der Waals surface area contributed by atoms with E-state index in [1.807, 2.05) is 24.3 Å². The first-order chi connectivity index (χ1) is 15.0.